The van der Waals surface area contributed by atoms with Crippen molar-refractivity contribution in [3.63, 3.8) is 0 Å². The summed E-state index contributed by atoms with van der Waals surface area (Å²) in [7, 11) is -3.49. The number of sulfonamides is 1. The zero-order valence-electron chi connectivity index (χ0n) is 12.9. The molecule has 0 bridgehead atoms. The minimum atomic E-state index is -3.49. The van der Waals surface area contributed by atoms with Crippen LogP contribution in [0.15, 0.2) is 11.2 Å². The maximum Gasteiger partial charge on any atom is 0.262 e. The van der Waals surface area contributed by atoms with Crippen molar-refractivity contribution in [2.45, 2.75) is 43.0 Å². The molecule has 0 spiro atoms. The molecule has 8 heteroatoms. The molecule has 0 aliphatic carbocycles. The molecule has 0 radical (unpaired) electrons. The molecular weight excluding hydrogens is 308 g/mol. The molecule has 1 fully saturated rings. The molecule has 0 saturated carbocycles. The lowest BCUT2D eigenvalue weighted by atomic mass is 9.97. The number of thioether (sulfide) groups is 1. The molecule has 1 saturated heterocycles. The third-order valence-corrected chi connectivity index (χ3v) is 7.55. The summed E-state index contributed by atoms with van der Waals surface area (Å²) in [5, 5.41) is 0.159. The van der Waals surface area contributed by atoms with Gasteiger partial charge in [0.05, 0.1) is 0 Å². The summed E-state index contributed by atoms with van der Waals surface area (Å²) < 4.78 is 28.7. The topological polar surface area (TPSA) is 81.2 Å². The molecule has 1 aromatic heterocycles. The van der Waals surface area contributed by atoms with Crippen LogP contribution in [0.25, 0.3) is 0 Å². The van der Waals surface area contributed by atoms with Gasteiger partial charge in [0.25, 0.3) is 10.0 Å². The van der Waals surface area contributed by atoms with E-state index >= 15 is 0 Å². The first kappa shape index (κ1) is 16.8. The lowest BCUT2D eigenvalue weighted by Gasteiger charge is -2.39. The van der Waals surface area contributed by atoms with Crippen molar-refractivity contribution in [1.82, 2.24) is 13.9 Å². The fourth-order valence-corrected chi connectivity index (χ4v) is 4.87. The van der Waals surface area contributed by atoms with Gasteiger partial charge >= 0.3 is 0 Å². The second-order valence-electron chi connectivity index (χ2n) is 5.41. The summed E-state index contributed by atoms with van der Waals surface area (Å²) >= 11 is 1.75. The highest BCUT2D eigenvalue weighted by atomic mass is 32.2. The Labute approximate surface area is 131 Å². The summed E-state index contributed by atoms with van der Waals surface area (Å²) in [5.41, 5.74) is 5.85. The second kappa shape index (κ2) is 6.28. The Hall–Kier alpha value is -0.570. The van der Waals surface area contributed by atoms with Crippen molar-refractivity contribution in [2.24, 2.45) is 5.73 Å². The highest BCUT2D eigenvalue weighted by Gasteiger charge is 2.38. The predicted octanol–water partition coefficient (Wildman–Crippen LogP) is 1.06. The van der Waals surface area contributed by atoms with Gasteiger partial charge in [0.15, 0.2) is 5.03 Å². The van der Waals surface area contributed by atoms with E-state index in [1.807, 2.05) is 24.7 Å². The number of nitrogens with two attached hydrogens (primary N) is 1. The number of aromatic nitrogens is 2. The number of piperidine rings is 1. The molecule has 1 aliphatic rings. The van der Waals surface area contributed by atoms with Gasteiger partial charge in [-0.1, -0.05) is 0 Å². The van der Waals surface area contributed by atoms with Crippen molar-refractivity contribution in [1.29, 1.82) is 0 Å². The van der Waals surface area contributed by atoms with Crippen LogP contribution in [0.4, 0.5) is 0 Å². The zero-order chi connectivity index (χ0) is 15.7. The maximum atomic E-state index is 12.7. The van der Waals surface area contributed by atoms with Crippen LogP contribution in [0.2, 0.25) is 0 Å². The lowest BCUT2D eigenvalue weighted by Crippen LogP contribution is -2.48. The van der Waals surface area contributed by atoms with Crippen LogP contribution in [0.3, 0.4) is 0 Å². The largest absolute Gasteiger partial charge is 0.334 e. The molecule has 21 heavy (non-hydrogen) atoms. The monoisotopic (exact) mass is 332 g/mol. The fraction of sp³-hybridized carbons (Fsp3) is 0.769. The Morgan fingerprint density at radius 1 is 1.43 bits per heavy atom. The Bertz CT molecular complexity index is 583. The highest BCUT2D eigenvalue weighted by molar-refractivity contribution is 8.00. The molecule has 0 amide bonds. The van der Waals surface area contributed by atoms with Gasteiger partial charge in [0.2, 0.25) is 0 Å². The Balaban J connectivity index is 2.18. The van der Waals surface area contributed by atoms with Crippen molar-refractivity contribution >= 4 is 21.8 Å². The van der Waals surface area contributed by atoms with Gasteiger partial charge in [0, 0.05) is 37.1 Å². The van der Waals surface area contributed by atoms with Gasteiger partial charge in [-0.3, -0.25) is 0 Å². The Morgan fingerprint density at radius 2 is 2.05 bits per heavy atom. The molecular formula is C13H24N4O2S2. The molecule has 1 aromatic rings. The van der Waals surface area contributed by atoms with Crippen LogP contribution in [0, 0.1) is 6.92 Å². The van der Waals surface area contributed by atoms with Gasteiger partial charge < -0.3 is 10.3 Å². The molecule has 2 N–H and O–H groups in total. The van der Waals surface area contributed by atoms with Crippen molar-refractivity contribution in [3.8, 4) is 0 Å². The molecule has 120 valence electrons. The van der Waals surface area contributed by atoms with Crippen molar-refractivity contribution < 1.29 is 8.42 Å². The number of hydrogen-bond acceptors (Lipinski definition) is 5. The summed E-state index contributed by atoms with van der Waals surface area (Å²) in [6, 6.07) is 0. The summed E-state index contributed by atoms with van der Waals surface area (Å²) in [4.78, 5) is 4.21. The molecule has 6 nitrogen and oxygen atoms in total. The molecule has 0 atom stereocenters. The number of aryl methyl sites for hydroxylation is 2. The van der Waals surface area contributed by atoms with E-state index in [1.54, 1.807) is 22.3 Å². The van der Waals surface area contributed by atoms with Crippen LogP contribution in [0.1, 0.15) is 25.6 Å². The first-order valence-electron chi connectivity index (χ1n) is 7.17. The number of rotatable bonds is 5. The third kappa shape index (κ3) is 3.13. The minimum Gasteiger partial charge on any atom is -0.334 e. The van der Waals surface area contributed by atoms with Gasteiger partial charge in [-0.2, -0.15) is 16.1 Å². The first-order chi connectivity index (χ1) is 9.88. The highest BCUT2D eigenvalue weighted by Crippen LogP contribution is 2.35. The average Bonchev–Trinajstić information content (AvgIpc) is 2.89. The van der Waals surface area contributed by atoms with Gasteiger partial charge in [-0.25, -0.2) is 13.4 Å². The minimum absolute atomic E-state index is 0.0186. The van der Waals surface area contributed by atoms with Gasteiger partial charge in [-0.05, 0) is 32.9 Å². The zero-order valence-corrected chi connectivity index (χ0v) is 14.5. The Kier molecular flexibility index (Phi) is 5.02. The van der Waals surface area contributed by atoms with Crippen LogP contribution in [0.5, 0.6) is 0 Å². The molecule has 0 unspecified atom stereocenters. The predicted molar refractivity (Wildman–Crippen MR) is 85.9 cm³/mol. The van der Waals surface area contributed by atoms with E-state index < -0.39 is 10.0 Å². The van der Waals surface area contributed by atoms with E-state index in [-0.39, 0.29) is 9.77 Å². The fourth-order valence-electron chi connectivity index (χ4n) is 2.68. The third-order valence-electron chi connectivity index (χ3n) is 4.34. The molecule has 2 heterocycles. The molecule has 2 rings (SSSR count). The van der Waals surface area contributed by atoms with Crippen LogP contribution in [-0.2, 0) is 16.6 Å². The molecule has 0 aromatic carbocycles. The number of hydrogen-bond donors (Lipinski definition) is 1. The standard InChI is InChI=1S/C13H24N4O2S2/c1-4-16-9-12(15-11(16)2)21(18,19)17-7-5-13(10-14,20-3)6-8-17/h9H,4-8,10,14H2,1-3H3. The van der Waals surface area contributed by atoms with E-state index in [0.29, 0.717) is 19.6 Å². The quantitative estimate of drug-likeness (QED) is 0.872. The average molecular weight is 332 g/mol. The van der Waals surface area contributed by atoms with E-state index in [4.69, 9.17) is 5.73 Å². The smallest absolute Gasteiger partial charge is 0.262 e. The van der Waals surface area contributed by atoms with Crippen LogP contribution < -0.4 is 5.73 Å². The summed E-state index contributed by atoms with van der Waals surface area (Å²) in [6.45, 7) is 6.13. The number of nitrogens with zero attached hydrogens (tertiary/aromatic N) is 3. The van der Waals surface area contributed by atoms with Crippen LogP contribution in [-0.4, -0.2) is 52.9 Å². The Morgan fingerprint density at radius 3 is 2.48 bits per heavy atom. The van der Waals surface area contributed by atoms with Gasteiger partial charge in [-0.15, -0.1) is 0 Å². The normalized spacial score (nSPS) is 19.8. The van der Waals surface area contributed by atoms with E-state index in [0.717, 1.165) is 25.2 Å². The molecule has 1 aliphatic heterocycles. The van der Waals surface area contributed by atoms with E-state index in [1.165, 1.54) is 0 Å². The van der Waals surface area contributed by atoms with Crippen molar-refractivity contribution in [3.05, 3.63) is 12.0 Å². The van der Waals surface area contributed by atoms with Crippen LogP contribution >= 0.6 is 11.8 Å². The summed E-state index contributed by atoms with van der Waals surface area (Å²) in [6.07, 6.45) is 5.25. The maximum absolute atomic E-state index is 12.7. The SMILES string of the molecule is CCn1cc(S(=O)(=O)N2CCC(CN)(SC)CC2)nc1C. The van der Waals surface area contributed by atoms with E-state index in [9.17, 15) is 8.42 Å². The first-order valence-corrected chi connectivity index (χ1v) is 9.84. The van der Waals surface area contributed by atoms with Crippen molar-refractivity contribution in [2.75, 3.05) is 25.9 Å². The number of imidazole rings is 1. The van der Waals surface area contributed by atoms with Gasteiger partial charge in [0.1, 0.15) is 5.82 Å². The lowest BCUT2D eigenvalue weighted by molar-refractivity contribution is 0.301. The van der Waals surface area contributed by atoms with E-state index in [2.05, 4.69) is 4.98 Å². The second-order valence-corrected chi connectivity index (χ2v) is 8.57. The summed E-state index contributed by atoms with van der Waals surface area (Å²) in [5.74, 6) is 0.730.